The fourth-order valence-electron chi connectivity index (χ4n) is 4.36. The maximum atomic E-state index is 12.3. The Morgan fingerprint density at radius 1 is 1.38 bits per heavy atom. The Balaban J connectivity index is 2.40. The van der Waals surface area contributed by atoms with E-state index in [2.05, 4.69) is 20.4 Å². The molecule has 6 atom stereocenters. The predicted molar refractivity (Wildman–Crippen MR) is 93.2 cm³/mol. The van der Waals surface area contributed by atoms with Crippen LogP contribution in [0.5, 0.6) is 0 Å². The van der Waals surface area contributed by atoms with Gasteiger partial charge in [-0.05, 0) is 38.5 Å². The summed E-state index contributed by atoms with van der Waals surface area (Å²) in [6.45, 7) is 13.7. The van der Waals surface area contributed by atoms with Gasteiger partial charge in [0.2, 0.25) is 0 Å². The molecule has 0 spiro atoms. The molecule has 1 N–H and O–H groups in total. The van der Waals surface area contributed by atoms with E-state index in [0.717, 1.165) is 12.0 Å². The van der Waals surface area contributed by atoms with Crippen LogP contribution in [0.2, 0.25) is 0 Å². The number of carbonyl (C=O) groups excluding carboxylic acids is 2. The number of aliphatic hydroxyl groups is 1. The summed E-state index contributed by atoms with van der Waals surface area (Å²) in [4.78, 5) is 24.5. The highest BCUT2D eigenvalue weighted by Gasteiger charge is 2.56. The number of esters is 1. The van der Waals surface area contributed by atoms with E-state index in [1.54, 1.807) is 19.9 Å². The first kappa shape index (κ1) is 18.9. The maximum absolute atomic E-state index is 12.3. The van der Waals surface area contributed by atoms with Crippen LogP contribution in [-0.4, -0.2) is 29.1 Å². The Bertz CT molecular complexity index is 576. The largest absolute Gasteiger partial charge is 0.456 e. The number of Topliss-reactive ketones (excluding diaryl/α,β-unsaturated/α-hetero) is 1. The highest BCUT2D eigenvalue weighted by molar-refractivity contribution is 5.88. The number of carbonyl (C=O) groups is 2. The molecule has 2 saturated carbocycles. The highest BCUT2D eigenvalue weighted by atomic mass is 16.6. The fourth-order valence-corrected chi connectivity index (χ4v) is 4.36. The van der Waals surface area contributed by atoms with Gasteiger partial charge >= 0.3 is 5.97 Å². The van der Waals surface area contributed by atoms with Crippen LogP contribution in [-0.2, 0) is 14.3 Å². The van der Waals surface area contributed by atoms with E-state index in [0.29, 0.717) is 18.4 Å². The minimum atomic E-state index is -0.813. The summed E-state index contributed by atoms with van der Waals surface area (Å²) in [5.41, 5.74) is 1.26. The molecule has 0 aliphatic heterocycles. The first-order chi connectivity index (χ1) is 11.1. The summed E-state index contributed by atoms with van der Waals surface area (Å²) in [5, 5.41) is 10.9. The van der Waals surface area contributed by atoms with E-state index < -0.39 is 18.2 Å². The van der Waals surface area contributed by atoms with Gasteiger partial charge in [0.25, 0.3) is 0 Å². The average Bonchev–Trinajstić information content (AvgIpc) is 2.51. The van der Waals surface area contributed by atoms with Crippen molar-refractivity contribution in [1.82, 2.24) is 0 Å². The van der Waals surface area contributed by atoms with Gasteiger partial charge in [-0.15, -0.1) is 0 Å². The van der Waals surface area contributed by atoms with Crippen molar-refractivity contribution in [3.05, 3.63) is 23.8 Å². The van der Waals surface area contributed by atoms with Crippen molar-refractivity contribution < 1.29 is 19.4 Å². The Morgan fingerprint density at radius 3 is 2.54 bits per heavy atom. The third-order valence-corrected chi connectivity index (χ3v) is 6.39. The highest BCUT2D eigenvalue weighted by Crippen LogP contribution is 2.55. The van der Waals surface area contributed by atoms with E-state index in [1.165, 1.54) is 0 Å². The zero-order chi connectivity index (χ0) is 18.2. The third-order valence-electron chi connectivity index (χ3n) is 6.39. The number of rotatable bonds is 3. The molecular formula is C20H30O4. The molecule has 0 unspecified atom stereocenters. The Morgan fingerprint density at radius 2 is 2.00 bits per heavy atom. The lowest BCUT2D eigenvalue weighted by molar-refractivity contribution is -0.187. The smallest absolute Gasteiger partial charge is 0.333 e. The van der Waals surface area contributed by atoms with E-state index in [4.69, 9.17) is 4.74 Å². The van der Waals surface area contributed by atoms with Crippen LogP contribution >= 0.6 is 0 Å². The fraction of sp³-hybridized carbons (Fsp3) is 0.700. The molecule has 2 aliphatic rings. The van der Waals surface area contributed by atoms with Crippen molar-refractivity contribution in [1.29, 1.82) is 0 Å². The van der Waals surface area contributed by atoms with Crippen molar-refractivity contribution in [2.24, 2.45) is 23.2 Å². The molecule has 4 nitrogen and oxygen atoms in total. The summed E-state index contributed by atoms with van der Waals surface area (Å²) in [6, 6.07) is 0. The minimum Gasteiger partial charge on any atom is -0.456 e. The van der Waals surface area contributed by atoms with Crippen LogP contribution in [0.3, 0.4) is 0 Å². The lowest BCUT2D eigenvalue weighted by Crippen LogP contribution is -2.58. The van der Waals surface area contributed by atoms with Crippen LogP contribution in [0.1, 0.15) is 53.9 Å². The molecule has 4 heteroatoms. The quantitative estimate of drug-likeness (QED) is 0.488. The molecule has 0 amide bonds. The number of fused-ring (bicyclic) bond motifs is 1. The second-order valence-corrected chi connectivity index (χ2v) is 7.95. The normalized spacial score (nSPS) is 40.0. The molecule has 24 heavy (non-hydrogen) atoms. The van der Waals surface area contributed by atoms with Crippen LogP contribution in [0, 0.1) is 23.2 Å². The maximum Gasteiger partial charge on any atom is 0.333 e. The third kappa shape index (κ3) is 3.21. The van der Waals surface area contributed by atoms with Crippen molar-refractivity contribution in [3.63, 3.8) is 0 Å². The molecule has 0 saturated heterocycles. The van der Waals surface area contributed by atoms with Crippen molar-refractivity contribution in [3.8, 4) is 0 Å². The summed E-state index contributed by atoms with van der Waals surface area (Å²) >= 11 is 0. The zero-order valence-corrected chi connectivity index (χ0v) is 15.5. The molecule has 0 aromatic rings. The van der Waals surface area contributed by atoms with Crippen LogP contribution in [0.15, 0.2) is 23.8 Å². The number of aliphatic hydroxyl groups excluding tert-OH is 1. The number of allylic oxidation sites excluding steroid dienone is 1. The van der Waals surface area contributed by atoms with Gasteiger partial charge in [0.15, 0.2) is 0 Å². The van der Waals surface area contributed by atoms with Crippen LogP contribution < -0.4 is 0 Å². The van der Waals surface area contributed by atoms with E-state index in [-0.39, 0.29) is 29.0 Å². The molecular weight excluding hydrogens is 304 g/mol. The Labute approximate surface area is 145 Å². The first-order valence-electron chi connectivity index (χ1n) is 8.80. The average molecular weight is 334 g/mol. The summed E-state index contributed by atoms with van der Waals surface area (Å²) in [5.74, 6) is -0.299. The molecule has 0 heterocycles. The molecule has 0 radical (unpaired) electrons. The second-order valence-electron chi connectivity index (χ2n) is 7.95. The molecule has 0 bridgehead atoms. The van der Waals surface area contributed by atoms with Crippen molar-refractivity contribution in [2.45, 2.75) is 66.1 Å². The summed E-state index contributed by atoms with van der Waals surface area (Å²) in [7, 11) is 0. The number of hydrogen-bond acceptors (Lipinski definition) is 4. The molecule has 134 valence electrons. The number of ether oxygens (including phenoxy) is 1. The van der Waals surface area contributed by atoms with Gasteiger partial charge in [-0.3, -0.25) is 4.79 Å². The second kappa shape index (κ2) is 6.83. The van der Waals surface area contributed by atoms with Gasteiger partial charge in [0, 0.05) is 30.3 Å². The summed E-state index contributed by atoms with van der Waals surface area (Å²) < 4.78 is 5.72. The standard InChI is InChI=1S/C20H30O4/c1-7-12(4)19(23)24-18-16-9-14(21)8-13(5)20(16,6)10-15(11(2)3)17(18)22/h7,13,15-18,22H,2,8-10H2,1,3-6H3/b12-7+/t13-,15+,16+,17+,18-,20+/m0/s1. The monoisotopic (exact) mass is 334 g/mol. The minimum absolute atomic E-state index is 0.120. The molecule has 2 aliphatic carbocycles. The van der Waals surface area contributed by atoms with Gasteiger partial charge in [-0.1, -0.05) is 32.1 Å². The predicted octanol–water partition coefficient (Wildman–Crippen LogP) is 3.44. The number of ketones is 1. The van der Waals surface area contributed by atoms with Gasteiger partial charge in [0.05, 0.1) is 6.10 Å². The lowest BCUT2D eigenvalue weighted by Gasteiger charge is -2.55. The number of hydrogen-bond donors (Lipinski definition) is 1. The van der Waals surface area contributed by atoms with Crippen molar-refractivity contribution in [2.75, 3.05) is 0 Å². The SMILES string of the molecule is C=C(C)[C@H]1C[C@@]2(C)[C@H](CC(=O)C[C@@H]2C)[C@H](OC(=O)/C(C)=C/C)[C@@H]1O. The van der Waals surface area contributed by atoms with Gasteiger partial charge in [-0.25, -0.2) is 4.79 Å². The van der Waals surface area contributed by atoms with Crippen LogP contribution in [0.4, 0.5) is 0 Å². The Hall–Kier alpha value is -1.42. The molecule has 0 aromatic heterocycles. The van der Waals surface area contributed by atoms with Gasteiger partial charge in [0.1, 0.15) is 11.9 Å². The zero-order valence-electron chi connectivity index (χ0n) is 15.5. The van der Waals surface area contributed by atoms with E-state index in [9.17, 15) is 14.7 Å². The van der Waals surface area contributed by atoms with Gasteiger partial charge < -0.3 is 9.84 Å². The molecule has 0 aromatic carbocycles. The first-order valence-corrected chi connectivity index (χ1v) is 8.80. The molecule has 2 fully saturated rings. The molecule has 2 rings (SSSR count). The van der Waals surface area contributed by atoms with E-state index >= 15 is 0 Å². The Kier molecular flexibility index (Phi) is 5.38. The lowest BCUT2D eigenvalue weighted by atomic mass is 9.51. The van der Waals surface area contributed by atoms with Crippen LogP contribution in [0.25, 0.3) is 0 Å². The summed E-state index contributed by atoms with van der Waals surface area (Å²) in [6.07, 6.45) is 1.92. The van der Waals surface area contributed by atoms with Gasteiger partial charge in [-0.2, -0.15) is 0 Å². The topological polar surface area (TPSA) is 63.6 Å². The van der Waals surface area contributed by atoms with E-state index in [1.807, 2.05) is 6.92 Å². The van der Waals surface area contributed by atoms with Crippen molar-refractivity contribution >= 4 is 11.8 Å².